The van der Waals surface area contributed by atoms with E-state index >= 15 is 0 Å². The smallest absolute Gasteiger partial charge is 0.321 e. The first-order chi connectivity index (χ1) is 10.0. The summed E-state index contributed by atoms with van der Waals surface area (Å²) in [6.45, 7) is 3.55. The molecular formula is C13H17ClN2O5S. The number of benzene rings is 1. The van der Waals surface area contributed by atoms with Gasteiger partial charge in [-0.05, 0) is 30.5 Å². The van der Waals surface area contributed by atoms with Crippen molar-refractivity contribution in [3.8, 4) is 0 Å². The van der Waals surface area contributed by atoms with Crippen molar-refractivity contribution in [3.05, 3.63) is 28.8 Å². The summed E-state index contributed by atoms with van der Waals surface area (Å²) in [7, 11) is -4.15. The lowest BCUT2D eigenvalue weighted by molar-refractivity contribution is -0.139. The van der Waals surface area contributed by atoms with E-state index in [2.05, 4.69) is 4.72 Å². The molecule has 0 aliphatic carbocycles. The molecule has 9 heteroatoms. The van der Waals surface area contributed by atoms with Gasteiger partial charge in [0.1, 0.15) is 6.04 Å². The lowest BCUT2D eigenvalue weighted by Crippen LogP contribution is -2.41. The summed E-state index contributed by atoms with van der Waals surface area (Å²) < 4.78 is 26.6. The van der Waals surface area contributed by atoms with Gasteiger partial charge in [-0.25, -0.2) is 8.42 Å². The number of carboxylic acid groups (broad SMARTS) is 1. The van der Waals surface area contributed by atoms with Crippen molar-refractivity contribution in [2.75, 3.05) is 0 Å². The van der Waals surface area contributed by atoms with Gasteiger partial charge in [-0.3, -0.25) is 9.59 Å². The summed E-state index contributed by atoms with van der Waals surface area (Å²) in [6, 6.07) is 2.11. The number of nitrogens with one attached hydrogen (secondary N) is 1. The summed E-state index contributed by atoms with van der Waals surface area (Å²) >= 11 is 5.77. The zero-order valence-corrected chi connectivity index (χ0v) is 13.6. The van der Waals surface area contributed by atoms with Crippen LogP contribution < -0.4 is 10.5 Å². The number of amides is 1. The minimum Gasteiger partial charge on any atom is -0.480 e. The molecule has 4 N–H and O–H groups in total. The monoisotopic (exact) mass is 348 g/mol. The third-order valence-electron chi connectivity index (χ3n) is 2.77. The molecule has 1 aromatic rings. The number of hydrogen-bond donors (Lipinski definition) is 3. The van der Waals surface area contributed by atoms with E-state index in [-0.39, 0.29) is 27.8 Å². The highest BCUT2D eigenvalue weighted by molar-refractivity contribution is 7.89. The van der Waals surface area contributed by atoms with E-state index in [9.17, 15) is 18.0 Å². The third-order valence-corrected chi connectivity index (χ3v) is 4.44. The predicted octanol–water partition coefficient (Wildman–Crippen LogP) is 1.22. The quantitative estimate of drug-likeness (QED) is 0.682. The predicted molar refractivity (Wildman–Crippen MR) is 81.2 cm³/mol. The number of carbonyl (C=O) groups is 2. The number of primary amides is 1. The average molecular weight is 349 g/mol. The number of carbonyl (C=O) groups excluding carboxylic acids is 1. The van der Waals surface area contributed by atoms with Crippen LogP contribution in [0.15, 0.2) is 23.1 Å². The zero-order chi connectivity index (χ0) is 17.1. The van der Waals surface area contributed by atoms with Crippen LogP contribution in [-0.4, -0.2) is 31.4 Å². The molecule has 0 radical (unpaired) electrons. The molecule has 0 spiro atoms. The Balaban J connectivity index is 3.18. The van der Waals surface area contributed by atoms with Crippen LogP contribution in [0.5, 0.6) is 0 Å². The summed E-state index contributed by atoms with van der Waals surface area (Å²) in [5.41, 5.74) is 5.02. The van der Waals surface area contributed by atoms with Gasteiger partial charge in [0.2, 0.25) is 15.9 Å². The van der Waals surface area contributed by atoms with Gasteiger partial charge in [-0.1, -0.05) is 25.4 Å². The minimum absolute atomic E-state index is 0.00686. The lowest BCUT2D eigenvalue weighted by Gasteiger charge is -2.17. The van der Waals surface area contributed by atoms with Crippen LogP contribution in [0.2, 0.25) is 5.02 Å². The van der Waals surface area contributed by atoms with Crippen molar-refractivity contribution in [2.45, 2.75) is 31.2 Å². The van der Waals surface area contributed by atoms with E-state index in [0.29, 0.717) is 0 Å². The minimum atomic E-state index is -4.15. The van der Waals surface area contributed by atoms with Gasteiger partial charge < -0.3 is 10.8 Å². The molecule has 0 bridgehead atoms. The summed E-state index contributed by atoms with van der Waals surface area (Å²) in [5, 5.41) is 9.11. The summed E-state index contributed by atoms with van der Waals surface area (Å²) in [6.07, 6.45) is 0.123. The fraction of sp³-hybridized carbons (Fsp3) is 0.385. The van der Waals surface area contributed by atoms with E-state index < -0.39 is 27.9 Å². The molecule has 7 nitrogen and oxygen atoms in total. The Hall–Kier alpha value is -1.64. The highest BCUT2D eigenvalue weighted by atomic mass is 35.5. The number of hydrogen-bond acceptors (Lipinski definition) is 4. The molecule has 1 rings (SSSR count). The molecule has 0 aromatic heterocycles. The second-order valence-corrected chi connectivity index (χ2v) is 7.33. The van der Waals surface area contributed by atoms with Gasteiger partial charge in [0.25, 0.3) is 0 Å². The van der Waals surface area contributed by atoms with Crippen LogP contribution in [0.1, 0.15) is 30.6 Å². The van der Waals surface area contributed by atoms with E-state index in [0.717, 1.165) is 12.1 Å². The summed E-state index contributed by atoms with van der Waals surface area (Å²) in [5.74, 6) is -2.14. The maximum absolute atomic E-state index is 12.3. The Kier molecular flexibility index (Phi) is 5.92. The Morgan fingerprint density at radius 1 is 1.32 bits per heavy atom. The van der Waals surface area contributed by atoms with Crippen LogP contribution in [0.25, 0.3) is 0 Å². The topological polar surface area (TPSA) is 127 Å². The van der Waals surface area contributed by atoms with Crippen LogP contribution in [0.4, 0.5) is 0 Å². The van der Waals surface area contributed by atoms with E-state index in [1.54, 1.807) is 13.8 Å². The maximum Gasteiger partial charge on any atom is 0.321 e. The molecule has 0 aliphatic rings. The number of sulfonamides is 1. The van der Waals surface area contributed by atoms with Crippen LogP contribution >= 0.6 is 11.6 Å². The first-order valence-corrected chi connectivity index (χ1v) is 8.24. The molecule has 1 aromatic carbocycles. The van der Waals surface area contributed by atoms with Crippen molar-refractivity contribution in [1.29, 1.82) is 0 Å². The van der Waals surface area contributed by atoms with E-state index in [1.807, 2.05) is 0 Å². The van der Waals surface area contributed by atoms with Gasteiger partial charge >= 0.3 is 5.97 Å². The molecule has 0 saturated heterocycles. The van der Waals surface area contributed by atoms with Crippen molar-refractivity contribution in [1.82, 2.24) is 4.72 Å². The van der Waals surface area contributed by atoms with Gasteiger partial charge in [-0.2, -0.15) is 4.72 Å². The van der Waals surface area contributed by atoms with E-state index in [1.165, 1.54) is 6.07 Å². The van der Waals surface area contributed by atoms with Crippen molar-refractivity contribution in [2.24, 2.45) is 11.7 Å². The molecule has 0 saturated carbocycles. The van der Waals surface area contributed by atoms with Crippen molar-refractivity contribution < 1.29 is 23.1 Å². The van der Waals surface area contributed by atoms with Crippen molar-refractivity contribution in [3.63, 3.8) is 0 Å². The molecule has 1 amide bonds. The fourth-order valence-electron chi connectivity index (χ4n) is 1.79. The second-order valence-electron chi connectivity index (χ2n) is 5.18. The number of rotatable bonds is 7. The molecular weight excluding hydrogens is 332 g/mol. The highest BCUT2D eigenvalue weighted by Gasteiger charge is 2.26. The lowest BCUT2D eigenvalue weighted by atomic mass is 10.1. The van der Waals surface area contributed by atoms with Crippen molar-refractivity contribution >= 4 is 33.5 Å². The van der Waals surface area contributed by atoms with Gasteiger partial charge in [0, 0.05) is 10.6 Å². The summed E-state index contributed by atoms with van der Waals surface area (Å²) in [4.78, 5) is 22.0. The van der Waals surface area contributed by atoms with Crippen LogP contribution in [0.3, 0.4) is 0 Å². The van der Waals surface area contributed by atoms with E-state index in [4.69, 9.17) is 22.4 Å². The maximum atomic E-state index is 12.3. The van der Waals surface area contributed by atoms with Gasteiger partial charge in [0.05, 0.1) is 4.90 Å². The fourth-order valence-corrected chi connectivity index (χ4v) is 3.36. The number of halogens is 1. The Morgan fingerprint density at radius 2 is 1.91 bits per heavy atom. The molecule has 1 atom stereocenters. The SMILES string of the molecule is CC(C)C[C@@H](NS(=O)(=O)c1cc(Cl)cc(C(N)=O)c1)C(=O)O. The first kappa shape index (κ1) is 18.4. The van der Waals surface area contributed by atoms with Crippen LogP contribution in [0, 0.1) is 5.92 Å². The molecule has 0 aliphatic heterocycles. The zero-order valence-electron chi connectivity index (χ0n) is 12.0. The first-order valence-electron chi connectivity index (χ1n) is 6.38. The standard InChI is InChI=1S/C13H17ClN2O5S/c1-7(2)3-11(13(18)19)16-22(20,21)10-5-8(12(15)17)4-9(14)6-10/h4-7,11,16H,3H2,1-2H3,(H2,15,17)(H,18,19)/t11-/m1/s1. The Bertz CT molecular complexity index is 688. The number of carboxylic acids is 1. The third kappa shape index (κ3) is 4.97. The highest BCUT2D eigenvalue weighted by Crippen LogP contribution is 2.20. The molecule has 0 fully saturated rings. The Morgan fingerprint density at radius 3 is 2.36 bits per heavy atom. The molecule has 22 heavy (non-hydrogen) atoms. The molecule has 0 unspecified atom stereocenters. The number of aliphatic carboxylic acids is 1. The molecule has 122 valence electrons. The molecule has 0 heterocycles. The number of nitrogens with two attached hydrogens (primary N) is 1. The second kappa shape index (κ2) is 7.08. The average Bonchev–Trinajstić information content (AvgIpc) is 2.36. The van der Waals surface area contributed by atoms with Gasteiger partial charge in [-0.15, -0.1) is 0 Å². The van der Waals surface area contributed by atoms with Gasteiger partial charge in [0.15, 0.2) is 0 Å². The Labute approximate surface area is 133 Å². The normalized spacial score (nSPS) is 13.1. The van der Waals surface area contributed by atoms with Crippen LogP contribution in [-0.2, 0) is 14.8 Å². The largest absolute Gasteiger partial charge is 0.480 e.